The van der Waals surface area contributed by atoms with Crippen LogP contribution in [0.25, 0.3) is 0 Å². The van der Waals surface area contributed by atoms with Crippen molar-refractivity contribution in [2.75, 3.05) is 19.8 Å². The summed E-state index contributed by atoms with van der Waals surface area (Å²) in [5, 5.41) is 12.5. The molecule has 4 atom stereocenters. The summed E-state index contributed by atoms with van der Waals surface area (Å²) in [6.45, 7) is 3.17. The molecular formula is C17H23FN2O3. The van der Waals surface area contributed by atoms with Crippen LogP contribution < -0.4 is 5.32 Å². The SMILES string of the molecule is C[C@H](O)C[C@@H]1COCCN1C(=O)N[C@H]1C[C@@H]1c1ccccc1F. The molecule has 6 heteroatoms. The van der Waals surface area contributed by atoms with E-state index in [0.717, 1.165) is 6.42 Å². The second-order valence-electron chi connectivity index (χ2n) is 6.43. The lowest BCUT2D eigenvalue weighted by Crippen LogP contribution is -2.53. The molecule has 0 radical (unpaired) electrons. The molecule has 1 aromatic carbocycles. The van der Waals surface area contributed by atoms with Gasteiger partial charge in [-0.25, -0.2) is 9.18 Å². The van der Waals surface area contributed by atoms with Crippen molar-refractivity contribution in [2.45, 2.75) is 43.9 Å². The van der Waals surface area contributed by atoms with E-state index in [1.54, 1.807) is 24.0 Å². The Morgan fingerprint density at radius 1 is 1.52 bits per heavy atom. The third-order valence-corrected chi connectivity index (χ3v) is 4.51. The lowest BCUT2D eigenvalue weighted by Gasteiger charge is -2.36. The Bertz CT molecular complexity index is 567. The zero-order chi connectivity index (χ0) is 16.4. The van der Waals surface area contributed by atoms with E-state index in [1.165, 1.54) is 6.07 Å². The minimum absolute atomic E-state index is 0.0190. The van der Waals surface area contributed by atoms with Gasteiger partial charge in [0.15, 0.2) is 0 Å². The van der Waals surface area contributed by atoms with Crippen molar-refractivity contribution in [3.05, 3.63) is 35.6 Å². The number of rotatable bonds is 4. The summed E-state index contributed by atoms with van der Waals surface area (Å²) in [5.74, 6) is -0.163. The number of carbonyl (C=O) groups excluding carboxylic acids is 1. The van der Waals surface area contributed by atoms with E-state index in [-0.39, 0.29) is 29.8 Å². The van der Waals surface area contributed by atoms with Crippen LogP contribution in [0, 0.1) is 5.82 Å². The number of morpholine rings is 1. The normalized spacial score (nSPS) is 28.3. The molecule has 2 N–H and O–H groups in total. The van der Waals surface area contributed by atoms with Gasteiger partial charge in [-0.15, -0.1) is 0 Å². The maximum absolute atomic E-state index is 13.8. The highest BCUT2D eigenvalue weighted by atomic mass is 19.1. The monoisotopic (exact) mass is 322 g/mol. The zero-order valence-electron chi connectivity index (χ0n) is 13.2. The van der Waals surface area contributed by atoms with Crippen molar-refractivity contribution in [1.82, 2.24) is 10.2 Å². The van der Waals surface area contributed by atoms with Crippen LogP contribution in [0.3, 0.4) is 0 Å². The van der Waals surface area contributed by atoms with E-state index in [4.69, 9.17) is 4.74 Å². The lowest BCUT2D eigenvalue weighted by atomic mass is 10.1. The van der Waals surface area contributed by atoms with Gasteiger partial charge in [-0.05, 0) is 31.4 Å². The van der Waals surface area contributed by atoms with Crippen molar-refractivity contribution in [3.8, 4) is 0 Å². The summed E-state index contributed by atoms with van der Waals surface area (Å²) in [6.07, 6.45) is 0.775. The van der Waals surface area contributed by atoms with Crippen molar-refractivity contribution in [3.63, 3.8) is 0 Å². The van der Waals surface area contributed by atoms with Crippen LogP contribution in [-0.2, 0) is 4.74 Å². The van der Waals surface area contributed by atoms with Crippen LogP contribution in [-0.4, -0.2) is 54.0 Å². The van der Waals surface area contributed by atoms with Crippen LogP contribution >= 0.6 is 0 Å². The van der Waals surface area contributed by atoms with Crippen molar-refractivity contribution < 1.29 is 19.0 Å². The fourth-order valence-corrected chi connectivity index (χ4v) is 3.23. The molecule has 1 aliphatic heterocycles. The first kappa shape index (κ1) is 16.2. The maximum Gasteiger partial charge on any atom is 0.318 e. The Morgan fingerprint density at radius 2 is 2.30 bits per heavy atom. The number of aliphatic hydroxyl groups is 1. The number of hydrogen-bond donors (Lipinski definition) is 2. The molecular weight excluding hydrogens is 299 g/mol. The van der Waals surface area contributed by atoms with E-state index >= 15 is 0 Å². The Labute approximate surface area is 135 Å². The van der Waals surface area contributed by atoms with Gasteiger partial charge >= 0.3 is 6.03 Å². The molecule has 0 unspecified atom stereocenters. The molecule has 2 aliphatic rings. The minimum atomic E-state index is -0.482. The van der Waals surface area contributed by atoms with Gasteiger partial charge in [-0.1, -0.05) is 18.2 Å². The summed E-state index contributed by atoms with van der Waals surface area (Å²) in [4.78, 5) is 14.2. The smallest absolute Gasteiger partial charge is 0.318 e. The Kier molecular flexibility index (Phi) is 4.82. The van der Waals surface area contributed by atoms with Crippen molar-refractivity contribution in [2.24, 2.45) is 0 Å². The highest BCUT2D eigenvalue weighted by Gasteiger charge is 2.42. The maximum atomic E-state index is 13.8. The number of carbonyl (C=O) groups is 1. The average molecular weight is 322 g/mol. The summed E-state index contributed by atoms with van der Waals surface area (Å²) in [6, 6.07) is 6.43. The van der Waals surface area contributed by atoms with Gasteiger partial charge in [0.1, 0.15) is 5.82 Å². The molecule has 0 spiro atoms. The number of halogens is 1. The van der Waals surface area contributed by atoms with Gasteiger partial charge in [-0.2, -0.15) is 0 Å². The summed E-state index contributed by atoms with van der Waals surface area (Å²) >= 11 is 0. The first-order chi connectivity index (χ1) is 11.1. The van der Waals surface area contributed by atoms with Gasteiger partial charge in [0.25, 0.3) is 0 Å². The van der Waals surface area contributed by atoms with Crippen LogP contribution in [0.15, 0.2) is 24.3 Å². The van der Waals surface area contributed by atoms with Gasteiger partial charge in [0, 0.05) is 18.5 Å². The second kappa shape index (κ2) is 6.84. The number of nitrogens with one attached hydrogen (secondary N) is 1. The number of hydrogen-bond acceptors (Lipinski definition) is 3. The van der Waals surface area contributed by atoms with Crippen molar-refractivity contribution >= 4 is 6.03 Å². The predicted octanol–water partition coefficient (Wildman–Crippen LogP) is 1.86. The first-order valence-corrected chi connectivity index (χ1v) is 8.13. The molecule has 2 amide bonds. The summed E-state index contributed by atoms with van der Waals surface area (Å²) in [5.41, 5.74) is 0.667. The molecule has 23 heavy (non-hydrogen) atoms. The van der Waals surface area contributed by atoms with Gasteiger partial charge in [0.2, 0.25) is 0 Å². The van der Waals surface area contributed by atoms with E-state index < -0.39 is 6.10 Å². The molecule has 126 valence electrons. The summed E-state index contributed by atoms with van der Waals surface area (Å²) < 4.78 is 19.2. The Hall–Kier alpha value is -1.66. The number of urea groups is 1. The number of amides is 2. The molecule has 1 saturated heterocycles. The fraction of sp³-hybridized carbons (Fsp3) is 0.588. The quantitative estimate of drug-likeness (QED) is 0.889. The zero-order valence-corrected chi connectivity index (χ0v) is 13.2. The Morgan fingerprint density at radius 3 is 3.04 bits per heavy atom. The van der Waals surface area contributed by atoms with E-state index in [9.17, 15) is 14.3 Å². The van der Waals surface area contributed by atoms with Gasteiger partial charge in [0.05, 0.1) is 25.4 Å². The number of nitrogens with zero attached hydrogens (tertiary/aromatic N) is 1. The summed E-state index contributed by atoms with van der Waals surface area (Å²) in [7, 11) is 0. The van der Waals surface area contributed by atoms with E-state index in [0.29, 0.717) is 31.7 Å². The molecule has 1 saturated carbocycles. The van der Waals surface area contributed by atoms with Crippen LogP contribution in [0.5, 0.6) is 0 Å². The fourth-order valence-electron chi connectivity index (χ4n) is 3.23. The van der Waals surface area contributed by atoms with E-state index in [2.05, 4.69) is 5.32 Å². The molecule has 0 bridgehead atoms. The third-order valence-electron chi connectivity index (χ3n) is 4.51. The highest BCUT2D eigenvalue weighted by Crippen LogP contribution is 2.41. The molecule has 3 rings (SSSR count). The molecule has 1 aromatic rings. The minimum Gasteiger partial charge on any atom is -0.393 e. The van der Waals surface area contributed by atoms with Crippen molar-refractivity contribution in [1.29, 1.82) is 0 Å². The second-order valence-corrected chi connectivity index (χ2v) is 6.43. The molecule has 2 fully saturated rings. The van der Waals surface area contributed by atoms with Gasteiger partial charge < -0.3 is 20.1 Å². The molecule has 0 aromatic heterocycles. The number of benzene rings is 1. The average Bonchev–Trinajstić information content (AvgIpc) is 3.26. The third kappa shape index (κ3) is 3.82. The molecule has 1 heterocycles. The van der Waals surface area contributed by atoms with Crippen LogP contribution in [0.2, 0.25) is 0 Å². The standard InChI is InChI=1S/C17H23FN2O3/c1-11(21)8-12-10-23-7-6-20(12)17(22)19-16-9-14(16)13-4-2-3-5-15(13)18/h2-5,11-12,14,16,21H,6-10H2,1H3,(H,19,22)/t11-,12+,14+,16-/m0/s1. The largest absolute Gasteiger partial charge is 0.393 e. The molecule has 5 nitrogen and oxygen atoms in total. The highest BCUT2D eigenvalue weighted by molar-refractivity contribution is 5.75. The van der Waals surface area contributed by atoms with Crippen LogP contribution in [0.4, 0.5) is 9.18 Å². The molecule has 1 aliphatic carbocycles. The predicted molar refractivity (Wildman–Crippen MR) is 83.7 cm³/mol. The van der Waals surface area contributed by atoms with Crippen LogP contribution in [0.1, 0.15) is 31.2 Å². The van der Waals surface area contributed by atoms with Gasteiger partial charge in [-0.3, -0.25) is 0 Å². The first-order valence-electron chi connectivity index (χ1n) is 8.13. The Balaban J connectivity index is 1.58. The number of ether oxygens (including phenoxy) is 1. The van der Waals surface area contributed by atoms with E-state index in [1.807, 2.05) is 6.07 Å². The lowest BCUT2D eigenvalue weighted by molar-refractivity contribution is -0.00439. The topological polar surface area (TPSA) is 61.8 Å². The number of aliphatic hydroxyl groups excluding tert-OH is 1.